The maximum absolute atomic E-state index is 13.6. The SMILES string of the molecule is CC1=Cc2c(F)cccc2N(C)C1(C)C. The van der Waals surface area contributed by atoms with Gasteiger partial charge in [0.25, 0.3) is 0 Å². The van der Waals surface area contributed by atoms with Crippen LogP contribution in [0.5, 0.6) is 0 Å². The van der Waals surface area contributed by atoms with E-state index in [4.69, 9.17) is 0 Å². The quantitative estimate of drug-likeness (QED) is 0.627. The van der Waals surface area contributed by atoms with Gasteiger partial charge in [0.05, 0.1) is 5.54 Å². The van der Waals surface area contributed by atoms with Crippen molar-refractivity contribution in [2.75, 3.05) is 11.9 Å². The standard InChI is InChI=1S/C13H16FN/c1-9-8-10-11(14)6-5-7-12(10)15(4)13(9,2)3/h5-8H,1-4H3. The number of halogens is 1. The first-order valence-electron chi connectivity index (χ1n) is 5.15. The summed E-state index contributed by atoms with van der Waals surface area (Å²) in [6.45, 7) is 6.34. The zero-order chi connectivity index (χ0) is 11.2. The van der Waals surface area contributed by atoms with Crippen molar-refractivity contribution in [3.63, 3.8) is 0 Å². The molecule has 2 heteroatoms. The molecule has 0 unspecified atom stereocenters. The summed E-state index contributed by atoms with van der Waals surface area (Å²) in [5, 5.41) is 0. The number of likely N-dealkylation sites (N-methyl/N-ethyl adjacent to an activating group) is 1. The number of fused-ring (bicyclic) bond motifs is 1. The van der Waals surface area contributed by atoms with Crippen molar-refractivity contribution in [3.05, 3.63) is 35.2 Å². The van der Waals surface area contributed by atoms with E-state index in [9.17, 15) is 4.39 Å². The van der Waals surface area contributed by atoms with Gasteiger partial charge in [-0.3, -0.25) is 0 Å². The molecule has 0 atom stereocenters. The van der Waals surface area contributed by atoms with Gasteiger partial charge in [-0.05, 0) is 44.6 Å². The number of rotatable bonds is 0. The zero-order valence-electron chi connectivity index (χ0n) is 9.63. The first-order chi connectivity index (χ1) is 6.94. The predicted molar refractivity (Wildman–Crippen MR) is 62.5 cm³/mol. The fourth-order valence-corrected chi connectivity index (χ4v) is 1.92. The average Bonchev–Trinajstić information content (AvgIpc) is 2.18. The van der Waals surface area contributed by atoms with Gasteiger partial charge in [-0.15, -0.1) is 0 Å². The monoisotopic (exact) mass is 205 g/mol. The fraction of sp³-hybridized carbons (Fsp3) is 0.385. The van der Waals surface area contributed by atoms with E-state index < -0.39 is 0 Å². The van der Waals surface area contributed by atoms with Gasteiger partial charge in [0.2, 0.25) is 0 Å². The summed E-state index contributed by atoms with van der Waals surface area (Å²) in [4.78, 5) is 2.13. The highest BCUT2D eigenvalue weighted by Gasteiger charge is 2.31. The summed E-state index contributed by atoms with van der Waals surface area (Å²) in [6, 6.07) is 5.23. The Labute approximate surface area is 90.2 Å². The van der Waals surface area contributed by atoms with Gasteiger partial charge in [0.15, 0.2) is 0 Å². The van der Waals surface area contributed by atoms with Gasteiger partial charge in [-0.1, -0.05) is 6.07 Å². The van der Waals surface area contributed by atoms with E-state index in [2.05, 4.69) is 18.7 Å². The number of hydrogen-bond donors (Lipinski definition) is 0. The van der Waals surface area contributed by atoms with Crippen LogP contribution in [0.1, 0.15) is 26.3 Å². The highest BCUT2D eigenvalue weighted by atomic mass is 19.1. The first-order valence-corrected chi connectivity index (χ1v) is 5.15. The van der Waals surface area contributed by atoms with Crippen molar-refractivity contribution in [1.82, 2.24) is 0 Å². The molecule has 15 heavy (non-hydrogen) atoms. The Morgan fingerprint density at radius 3 is 2.60 bits per heavy atom. The minimum absolute atomic E-state index is 0.0409. The molecular formula is C13H16FN. The molecule has 1 aliphatic heterocycles. The summed E-state index contributed by atoms with van der Waals surface area (Å²) in [5.41, 5.74) is 2.81. The molecular weight excluding hydrogens is 189 g/mol. The second kappa shape index (κ2) is 3.09. The Morgan fingerprint density at radius 2 is 1.93 bits per heavy atom. The molecule has 1 aromatic carbocycles. The van der Waals surface area contributed by atoms with E-state index in [1.807, 2.05) is 26.1 Å². The lowest BCUT2D eigenvalue weighted by molar-refractivity contribution is 0.557. The summed E-state index contributed by atoms with van der Waals surface area (Å²) < 4.78 is 13.6. The lowest BCUT2D eigenvalue weighted by Crippen LogP contribution is -2.44. The van der Waals surface area contributed by atoms with Crippen LogP contribution in [-0.2, 0) is 0 Å². The molecule has 1 aromatic rings. The van der Waals surface area contributed by atoms with Gasteiger partial charge in [-0.2, -0.15) is 0 Å². The molecule has 0 amide bonds. The Bertz CT molecular complexity index is 432. The van der Waals surface area contributed by atoms with E-state index in [1.165, 1.54) is 11.6 Å². The molecule has 0 bridgehead atoms. The van der Waals surface area contributed by atoms with Crippen molar-refractivity contribution in [2.45, 2.75) is 26.3 Å². The van der Waals surface area contributed by atoms with Crippen molar-refractivity contribution in [1.29, 1.82) is 0 Å². The van der Waals surface area contributed by atoms with Crippen molar-refractivity contribution in [3.8, 4) is 0 Å². The second-order valence-electron chi connectivity index (χ2n) is 4.62. The summed E-state index contributed by atoms with van der Waals surface area (Å²) >= 11 is 0. The summed E-state index contributed by atoms with van der Waals surface area (Å²) in [7, 11) is 2.01. The van der Waals surface area contributed by atoms with Gasteiger partial charge in [-0.25, -0.2) is 4.39 Å². The molecule has 0 radical (unpaired) electrons. The Balaban J connectivity index is 2.68. The number of hydrogen-bond acceptors (Lipinski definition) is 1. The van der Waals surface area contributed by atoms with Crippen LogP contribution in [0.4, 0.5) is 10.1 Å². The van der Waals surface area contributed by atoms with Gasteiger partial charge >= 0.3 is 0 Å². The van der Waals surface area contributed by atoms with Crippen LogP contribution < -0.4 is 4.90 Å². The molecule has 0 aliphatic carbocycles. The van der Waals surface area contributed by atoms with Crippen LogP contribution in [-0.4, -0.2) is 12.6 Å². The van der Waals surface area contributed by atoms with Crippen LogP contribution in [0.15, 0.2) is 23.8 Å². The highest BCUT2D eigenvalue weighted by Crippen LogP contribution is 2.38. The van der Waals surface area contributed by atoms with Crippen molar-refractivity contribution in [2.24, 2.45) is 0 Å². The molecule has 0 saturated heterocycles. The number of benzene rings is 1. The normalized spacial score (nSPS) is 18.5. The van der Waals surface area contributed by atoms with Crippen molar-refractivity contribution >= 4 is 11.8 Å². The maximum atomic E-state index is 13.6. The van der Waals surface area contributed by atoms with Gasteiger partial charge < -0.3 is 4.90 Å². The lowest BCUT2D eigenvalue weighted by atomic mass is 9.87. The van der Waals surface area contributed by atoms with E-state index in [1.54, 1.807) is 6.07 Å². The largest absolute Gasteiger partial charge is 0.365 e. The molecule has 1 heterocycles. The maximum Gasteiger partial charge on any atom is 0.132 e. The molecule has 0 spiro atoms. The number of anilines is 1. The van der Waals surface area contributed by atoms with E-state index in [0.29, 0.717) is 5.56 Å². The summed E-state index contributed by atoms with van der Waals surface area (Å²) in [5.74, 6) is -0.144. The van der Waals surface area contributed by atoms with E-state index in [-0.39, 0.29) is 11.4 Å². The van der Waals surface area contributed by atoms with Crippen LogP contribution >= 0.6 is 0 Å². The second-order valence-corrected chi connectivity index (χ2v) is 4.62. The first kappa shape index (κ1) is 10.2. The minimum Gasteiger partial charge on any atom is -0.365 e. The Kier molecular flexibility index (Phi) is 2.10. The molecule has 1 aliphatic rings. The van der Waals surface area contributed by atoms with Crippen LogP contribution in [0.25, 0.3) is 6.08 Å². The molecule has 0 saturated carbocycles. The van der Waals surface area contributed by atoms with Crippen LogP contribution in [0, 0.1) is 5.82 Å². The van der Waals surface area contributed by atoms with Crippen molar-refractivity contribution < 1.29 is 4.39 Å². The molecule has 1 nitrogen and oxygen atoms in total. The smallest absolute Gasteiger partial charge is 0.132 e. The fourth-order valence-electron chi connectivity index (χ4n) is 1.92. The molecule has 0 fully saturated rings. The Morgan fingerprint density at radius 1 is 1.27 bits per heavy atom. The zero-order valence-corrected chi connectivity index (χ0v) is 9.63. The average molecular weight is 205 g/mol. The molecule has 2 rings (SSSR count). The van der Waals surface area contributed by atoms with E-state index in [0.717, 1.165) is 5.69 Å². The topological polar surface area (TPSA) is 3.24 Å². The minimum atomic E-state index is -0.144. The van der Waals surface area contributed by atoms with E-state index >= 15 is 0 Å². The molecule has 0 aromatic heterocycles. The summed E-state index contributed by atoms with van der Waals surface area (Å²) in [6.07, 6.45) is 1.95. The Hall–Kier alpha value is -1.31. The third kappa shape index (κ3) is 1.36. The van der Waals surface area contributed by atoms with Crippen LogP contribution in [0.2, 0.25) is 0 Å². The van der Waals surface area contributed by atoms with Crippen LogP contribution in [0.3, 0.4) is 0 Å². The lowest BCUT2D eigenvalue weighted by Gasteiger charge is -2.42. The highest BCUT2D eigenvalue weighted by molar-refractivity contribution is 5.75. The third-order valence-electron chi connectivity index (χ3n) is 3.56. The third-order valence-corrected chi connectivity index (χ3v) is 3.56. The molecule has 80 valence electrons. The van der Waals surface area contributed by atoms with Gasteiger partial charge in [0, 0.05) is 18.3 Å². The van der Waals surface area contributed by atoms with Gasteiger partial charge in [0.1, 0.15) is 5.82 Å². The number of nitrogens with zero attached hydrogens (tertiary/aromatic N) is 1. The molecule has 0 N–H and O–H groups in total. The predicted octanol–water partition coefficient (Wildman–Crippen LogP) is 3.46.